The van der Waals surface area contributed by atoms with Crippen LogP contribution >= 0.6 is 0 Å². The summed E-state index contributed by atoms with van der Waals surface area (Å²) in [5.74, 6) is 0.224. The molecule has 0 fully saturated rings. The first-order valence-corrected chi connectivity index (χ1v) is 5.91. The van der Waals surface area contributed by atoms with Crippen LogP contribution in [0, 0.1) is 6.33 Å². The van der Waals surface area contributed by atoms with Gasteiger partial charge >= 0.3 is 0 Å². The summed E-state index contributed by atoms with van der Waals surface area (Å²) in [6, 6.07) is 10.9. The van der Waals surface area contributed by atoms with E-state index in [0.29, 0.717) is 11.2 Å². The smallest absolute Gasteiger partial charge is 0.252 e. The van der Waals surface area contributed by atoms with E-state index in [-0.39, 0.29) is 0 Å². The van der Waals surface area contributed by atoms with Crippen molar-refractivity contribution in [3.8, 4) is 17.0 Å². The van der Waals surface area contributed by atoms with E-state index in [1.165, 1.54) is 0 Å². The molecule has 0 saturated heterocycles. The maximum atomic E-state index is 11.4. The zero-order valence-electron chi connectivity index (χ0n) is 10.7. The molecule has 0 atom stereocenters. The number of nitrogens with two attached hydrogens (primary N) is 1. The first kappa shape index (κ1) is 12.2. The number of carbonyl (C=O) groups is 1. The fourth-order valence-electron chi connectivity index (χ4n) is 2.03. The molecule has 1 radical (unpaired) electrons. The third-order valence-corrected chi connectivity index (χ3v) is 3.03. The summed E-state index contributed by atoms with van der Waals surface area (Å²) in [7, 11) is 1.61. The van der Waals surface area contributed by atoms with Crippen molar-refractivity contribution in [2.45, 2.75) is 0 Å². The molecule has 0 saturated carbocycles. The number of primary amides is 1. The monoisotopic (exact) mass is 267 g/mol. The van der Waals surface area contributed by atoms with Gasteiger partial charge in [-0.2, -0.15) is 0 Å². The number of ether oxygens (including phenoxy) is 1. The molecule has 3 aromatic rings. The number of carbonyl (C=O) groups excluding carboxylic acids is 1. The van der Waals surface area contributed by atoms with Gasteiger partial charge in [-0.1, -0.05) is 0 Å². The summed E-state index contributed by atoms with van der Waals surface area (Å²) in [4.78, 5) is 15.3. The molecule has 1 aromatic carbocycles. The van der Waals surface area contributed by atoms with Crippen LogP contribution in [0.3, 0.4) is 0 Å². The molecule has 0 aliphatic carbocycles. The molecule has 0 unspecified atom stereocenters. The van der Waals surface area contributed by atoms with Gasteiger partial charge in [-0.25, -0.2) is 9.50 Å². The average Bonchev–Trinajstić information content (AvgIpc) is 2.95. The van der Waals surface area contributed by atoms with Crippen molar-refractivity contribution in [2.75, 3.05) is 7.11 Å². The zero-order valence-corrected chi connectivity index (χ0v) is 10.7. The molecule has 6 heteroatoms. The molecule has 3 rings (SSSR count). The third kappa shape index (κ3) is 1.87. The second kappa shape index (κ2) is 4.65. The second-order valence-corrected chi connectivity index (χ2v) is 4.17. The van der Waals surface area contributed by atoms with Crippen molar-refractivity contribution >= 4 is 11.6 Å². The molecule has 99 valence electrons. The Morgan fingerprint density at radius 2 is 2.00 bits per heavy atom. The molecule has 2 N–H and O–H groups in total. The molecule has 1 amide bonds. The summed E-state index contributed by atoms with van der Waals surface area (Å²) in [6.45, 7) is 0. The Hall–Kier alpha value is -2.89. The van der Waals surface area contributed by atoms with Crippen molar-refractivity contribution < 1.29 is 9.53 Å². The molecule has 0 aliphatic rings. The molecule has 6 nitrogen and oxygen atoms in total. The van der Waals surface area contributed by atoms with Crippen LogP contribution in [0.25, 0.3) is 16.9 Å². The Kier molecular flexibility index (Phi) is 2.83. The molecular weight excluding hydrogens is 256 g/mol. The van der Waals surface area contributed by atoms with Crippen LogP contribution < -0.4 is 10.5 Å². The normalized spacial score (nSPS) is 10.7. The molecule has 2 heterocycles. The van der Waals surface area contributed by atoms with E-state index >= 15 is 0 Å². The highest BCUT2D eigenvalue weighted by atomic mass is 16.5. The molecule has 2 aromatic heterocycles. The van der Waals surface area contributed by atoms with Gasteiger partial charge in [0.1, 0.15) is 5.75 Å². The minimum atomic E-state index is -0.544. The van der Waals surface area contributed by atoms with E-state index in [1.807, 2.05) is 24.3 Å². The van der Waals surface area contributed by atoms with Crippen LogP contribution in [0.15, 0.2) is 36.4 Å². The predicted molar refractivity (Wildman–Crippen MR) is 72.3 cm³/mol. The van der Waals surface area contributed by atoms with Gasteiger partial charge in [-0.3, -0.25) is 4.79 Å². The number of methoxy groups -OCH3 is 1. The Morgan fingerprint density at radius 1 is 1.25 bits per heavy atom. The van der Waals surface area contributed by atoms with Gasteiger partial charge in [0.05, 0.1) is 18.4 Å². The minimum absolute atomic E-state index is 0.316. The predicted octanol–water partition coefficient (Wildman–Crippen LogP) is 1.30. The highest BCUT2D eigenvalue weighted by molar-refractivity contribution is 5.99. The van der Waals surface area contributed by atoms with Crippen LogP contribution in [-0.2, 0) is 0 Å². The van der Waals surface area contributed by atoms with Gasteiger partial charge in [0.25, 0.3) is 5.91 Å². The highest BCUT2D eigenvalue weighted by Gasteiger charge is 2.13. The maximum absolute atomic E-state index is 11.4. The summed E-state index contributed by atoms with van der Waals surface area (Å²) in [6.07, 6.45) is 2.50. The lowest BCUT2D eigenvalue weighted by Gasteiger charge is -2.07. The fourth-order valence-corrected chi connectivity index (χ4v) is 2.03. The summed E-state index contributed by atoms with van der Waals surface area (Å²) in [5, 5.41) is 4.02. The number of amides is 1. The van der Waals surface area contributed by atoms with E-state index in [4.69, 9.17) is 10.5 Å². The lowest BCUT2D eigenvalue weighted by molar-refractivity contribution is 0.100. The number of nitrogens with zero attached hydrogens (tertiary/aromatic N) is 3. The minimum Gasteiger partial charge on any atom is -0.497 e. The van der Waals surface area contributed by atoms with E-state index in [1.54, 1.807) is 23.8 Å². The van der Waals surface area contributed by atoms with Crippen LogP contribution in [0.2, 0.25) is 0 Å². The highest BCUT2D eigenvalue weighted by Crippen LogP contribution is 2.23. The fraction of sp³-hybridized carbons (Fsp3) is 0.0714. The van der Waals surface area contributed by atoms with E-state index in [0.717, 1.165) is 17.0 Å². The van der Waals surface area contributed by atoms with Gasteiger partial charge in [-0.05, 0) is 36.4 Å². The molecule has 0 bridgehead atoms. The van der Waals surface area contributed by atoms with E-state index in [2.05, 4.69) is 16.4 Å². The Bertz CT molecular complexity index is 777. The number of rotatable bonds is 3. The van der Waals surface area contributed by atoms with Crippen LogP contribution in [0.4, 0.5) is 0 Å². The number of fused-ring (bicyclic) bond motifs is 1. The lowest BCUT2D eigenvalue weighted by atomic mass is 10.1. The van der Waals surface area contributed by atoms with Crippen LogP contribution in [0.5, 0.6) is 5.75 Å². The summed E-state index contributed by atoms with van der Waals surface area (Å²) in [5.41, 5.74) is 7.74. The van der Waals surface area contributed by atoms with E-state index in [9.17, 15) is 4.79 Å². The van der Waals surface area contributed by atoms with Crippen molar-refractivity contribution in [1.82, 2.24) is 14.6 Å². The van der Waals surface area contributed by atoms with Crippen molar-refractivity contribution in [3.05, 3.63) is 48.3 Å². The Labute approximate surface area is 114 Å². The Balaban J connectivity index is 2.19. The number of aromatic nitrogens is 3. The quantitative estimate of drug-likeness (QED) is 0.775. The van der Waals surface area contributed by atoms with Crippen molar-refractivity contribution in [1.29, 1.82) is 0 Å². The van der Waals surface area contributed by atoms with Gasteiger partial charge in [0, 0.05) is 5.56 Å². The number of hydrogen-bond donors (Lipinski definition) is 1. The van der Waals surface area contributed by atoms with Gasteiger partial charge in [0.15, 0.2) is 5.65 Å². The van der Waals surface area contributed by atoms with Gasteiger partial charge in [-0.15, -0.1) is 5.10 Å². The SMILES string of the molecule is COc1ccc(-c2ccc(C(N)=O)c3n[c]nn23)cc1. The van der Waals surface area contributed by atoms with Crippen molar-refractivity contribution in [3.63, 3.8) is 0 Å². The van der Waals surface area contributed by atoms with Gasteiger partial charge in [0.2, 0.25) is 6.33 Å². The largest absolute Gasteiger partial charge is 0.497 e. The third-order valence-electron chi connectivity index (χ3n) is 3.03. The van der Waals surface area contributed by atoms with Crippen molar-refractivity contribution in [2.24, 2.45) is 5.73 Å². The standard InChI is InChI=1S/C14H11N4O2/c1-20-10-4-2-9(3-5-10)12-7-6-11(13(15)19)14-16-8-17-18(12)14/h2-7H,1H3,(H2,15,19). The lowest BCUT2D eigenvalue weighted by Crippen LogP contribution is -2.13. The number of benzene rings is 1. The number of pyridine rings is 1. The van der Waals surface area contributed by atoms with Gasteiger partial charge < -0.3 is 10.5 Å². The first-order chi connectivity index (χ1) is 9.70. The molecular formula is C14H11N4O2. The van der Waals surface area contributed by atoms with Crippen LogP contribution in [-0.4, -0.2) is 27.6 Å². The Morgan fingerprint density at radius 3 is 2.65 bits per heavy atom. The molecule has 0 aliphatic heterocycles. The summed E-state index contributed by atoms with van der Waals surface area (Å²) >= 11 is 0. The number of hydrogen-bond acceptors (Lipinski definition) is 4. The van der Waals surface area contributed by atoms with Crippen LogP contribution in [0.1, 0.15) is 10.4 Å². The van der Waals surface area contributed by atoms with E-state index < -0.39 is 5.91 Å². The molecule has 0 spiro atoms. The summed E-state index contributed by atoms with van der Waals surface area (Å²) < 4.78 is 6.67. The first-order valence-electron chi connectivity index (χ1n) is 5.91. The maximum Gasteiger partial charge on any atom is 0.252 e. The second-order valence-electron chi connectivity index (χ2n) is 4.17. The average molecular weight is 267 g/mol. The zero-order chi connectivity index (χ0) is 14.1. The topological polar surface area (TPSA) is 82.5 Å². The molecule has 20 heavy (non-hydrogen) atoms.